The number of hydrogen-bond donors (Lipinski definition) is 0. The molecule has 0 aliphatic heterocycles. The first kappa shape index (κ1) is 9.85. The highest BCUT2D eigenvalue weighted by molar-refractivity contribution is 6.32. The van der Waals surface area contributed by atoms with E-state index in [1.54, 1.807) is 0 Å². The Morgan fingerprint density at radius 1 is 1.25 bits per heavy atom. The van der Waals surface area contributed by atoms with Crippen molar-refractivity contribution in [3.63, 3.8) is 0 Å². The number of nitrogens with zero attached hydrogens (tertiary/aromatic N) is 1. The third-order valence-corrected chi connectivity index (χ3v) is 2.58. The van der Waals surface area contributed by atoms with Gasteiger partial charge in [-0.3, -0.25) is 4.90 Å². The average Bonchev–Trinajstić information content (AvgIpc) is 2.04. The van der Waals surface area contributed by atoms with Crippen molar-refractivity contribution in [2.24, 2.45) is 0 Å². The fourth-order valence-electron chi connectivity index (χ4n) is 0.946. The molecule has 0 saturated carbocycles. The Balaban J connectivity index is 2.94. The standard InChI is InChI=1S/C9H11Cl2N/c1-12(2)9(11)7-5-3-4-6-8(7)10/h3-6,9H,1-2H3. The van der Waals surface area contributed by atoms with Crippen molar-refractivity contribution in [1.82, 2.24) is 4.90 Å². The summed E-state index contributed by atoms with van der Waals surface area (Å²) in [6.07, 6.45) is 0. The van der Waals surface area contributed by atoms with Gasteiger partial charge in [0.2, 0.25) is 0 Å². The monoisotopic (exact) mass is 203 g/mol. The van der Waals surface area contributed by atoms with Gasteiger partial charge < -0.3 is 0 Å². The predicted octanol–water partition coefficient (Wildman–Crippen LogP) is 3.14. The molecular weight excluding hydrogens is 193 g/mol. The van der Waals surface area contributed by atoms with Gasteiger partial charge in [-0.05, 0) is 20.2 Å². The number of benzene rings is 1. The maximum absolute atomic E-state index is 6.09. The highest BCUT2D eigenvalue weighted by Gasteiger charge is 2.12. The molecule has 1 unspecified atom stereocenters. The SMILES string of the molecule is CN(C)C(Cl)c1ccccc1Cl. The molecule has 1 rings (SSSR count). The van der Waals surface area contributed by atoms with Gasteiger partial charge in [0, 0.05) is 10.6 Å². The smallest absolute Gasteiger partial charge is 0.112 e. The van der Waals surface area contributed by atoms with Gasteiger partial charge in [0.15, 0.2) is 0 Å². The molecule has 0 saturated heterocycles. The highest BCUT2D eigenvalue weighted by atomic mass is 35.5. The minimum Gasteiger partial charge on any atom is -0.290 e. The summed E-state index contributed by atoms with van der Waals surface area (Å²) in [6, 6.07) is 7.60. The van der Waals surface area contributed by atoms with E-state index in [0.717, 1.165) is 5.56 Å². The van der Waals surface area contributed by atoms with Crippen LogP contribution >= 0.6 is 23.2 Å². The Hall–Kier alpha value is -0.240. The molecule has 0 spiro atoms. The van der Waals surface area contributed by atoms with E-state index in [1.165, 1.54) is 0 Å². The van der Waals surface area contributed by atoms with Crippen LogP contribution < -0.4 is 0 Å². The van der Waals surface area contributed by atoms with Gasteiger partial charge >= 0.3 is 0 Å². The number of halogens is 2. The molecule has 1 aromatic rings. The zero-order valence-electron chi connectivity index (χ0n) is 7.09. The molecule has 0 amide bonds. The van der Waals surface area contributed by atoms with Crippen molar-refractivity contribution >= 4 is 23.2 Å². The van der Waals surface area contributed by atoms with Crippen LogP contribution in [0.15, 0.2) is 24.3 Å². The van der Waals surface area contributed by atoms with E-state index >= 15 is 0 Å². The minimum absolute atomic E-state index is 0.154. The summed E-state index contributed by atoms with van der Waals surface area (Å²) in [4.78, 5) is 1.91. The second-order valence-electron chi connectivity index (χ2n) is 2.82. The fourth-order valence-corrected chi connectivity index (χ4v) is 1.43. The number of rotatable bonds is 2. The largest absolute Gasteiger partial charge is 0.290 e. The Labute approximate surface area is 82.9 Å². The average molecular weight is 204 g/mol. The topological polar surface area (TPSA) is 3.24 Å². The summed E-state index contributed by atoms with van der Waals surface area (Å²) in [5.41, 5.74) is 0.796. The Morgan fingerprint density at radius 2 is 1.83 bits per heavy atom. The second-order valence-corrected chi connectivity index (χ2v) is 3.64. The van der Waals surface area contributed by atoms with Crippen molar-refractivity contribution in [2.45, 2.75) is 5.50 Å². The maximum Gasteiger partial charge on any atom is 0.112 e. The zero-order valence-corrected chi connectivity index (χ0v) is 8.60. The molecule has 12 heavy (non-hydrogen) atoms. The van der Waals surface area contributed by atoms with Crippen LogP contribution in [-0.2, 0) is 0 Å². The van der Waals surface area contributed by atoms with Gasteiger partial charge in [0.25, 0.3) is 0 Å². The highest BCUT2D eigenvalue weighted by Crippen LogP contribution is 2.28. The van der Waals surface area contributed by atoms with Crippen molar-refractivity contribution in [1.29, 1.82) is 0 Å². The van der Waals surface area contributed by atoms with Gasteiger partial charge in [-0.25, -0.2) is 0 Å². The lowest BCUT2D eigenvalue weighted by Crippen LogP contribution is -2.14. The minimum atomic E-state index is -0.154. The van der Waals surface area contributed by atoms with Gasteiger partial charge in [0.1, 0.15) is 5.50 Å². The van der Waals surface area contributed by atoms with E-state index < -0.39 is 0 Å². The third-order valence-electron chi connectivity index (χ3n) is 1.62. The lowest BCUT2D eigenvalue weighted by atomic mass is 10.2. The van der Waals surface area contributed by atoms with Crippen molar-refractivity contribution < 1.29 is 0 Å². The maximum atomic E-state index is 6.09. The van der Waals surface area contributed by atoms with Crippen LogP contribution in [0, 0.1) is 0 Å². The van der Waals surface area contributed by atoms with E-state index in [9.17, 15) is 0 Å². The summed E-state index contributed by atoms with van der Waals surface area (Å²) in [5, 5.41) is 0.714. The van der Waals surface area contributed by atoms with E-state index in [0.29, 0.717) is 5.02 Å². The quantitative estimate of drug-likeness (QED) is 0.528. The molecule has 0 aliphatic rings. The van der Waals surface area contributed by atoms with E-state index in [2.05, 4.69) is 0 Å². The lowest BCUT2D eigenvalue weighted by molar-refractivity contribution is 0.385. The summed E-state index contributed by atoms with van der Waals surface area (Å²) in [5.74, 6) is 0. The van der Waals surface area contributed by atoms with E-state index in [4.69, 9.17) is 23.2 Å². The van der Waals surface area contributed by atoms with Crippen molar-refractivity contribution in [3.8, 4) is 0 Å². The van der Waals surface area contributed by atoms with Gasteiger partial charge in [0.05, 0.1) is 0 Å². The van der Waals surface area contributed by atoms with Gasteiger partial charge in [-0.15, -0.1) is 11.6 Å². The molecule has 0 radical (unpaired) electrons. The molecule has 3 heteroatoms. The molecule has 0 N–H and O–H groups in total. The summed E-state index contributed by atoms with van der Waals surface area (Å²) < 4.78 is 0. The Bertz CT molecular complexity index is 260. The van der Waals surface area contributed by atoms with Crippen LogP contribution in [0.25, 0.3) is 0 Å². The summed E-state index contributed by atoms with van der Waals surface area (Å²) in [6.45, 7) is 0. The number of hydrogen-bond acceptors (Lipinski definition) is 1. The normalized spacial score (nSPS) is 13.4. The van der Waals surface area contributed by atoms with Crippen LogP contribution in [0.4, 0.5) is 0 Å². The van der Waals surface area contributed by atoms with Gasteiger partial charge in [-0.1, -0.05) is 29.8 Å². The Morgan fingerprint density at radius 3 is 2.33 bits per heavy atom. The lowest BCUT2D eigenvalue weighted by Gasteiger charge is -2.18. The molecule has 1 nitrogen and oxygen atoms in total. The molecule has 0 aliphatic carbocycles. The first-order valence-corrected chi connectivity index (χ1v) is 4.49. The number of alkyl halides is 1. The molecular formula is C9H11Cl2N. The zero-order chi connectivity index (χ0) is 9.14. The molecule has 0 fully saturated rings. The third kappa shape index (κ3) is 2.13. The summed E-state index contributed by atoms with van der Waals surface area (Å²) >= 11 is 12.0. The molecule has 66 valence electrons. The summed E-state index contributed by atoms with van der Waals surface area (Å²) in [7, 11) is 3.84. The predicted molar refractivity (Wildman–Crippen MR) is 53.7 cm³/mol. The van der Waals surface area contributed by atoms with E-state index in [1.807, 2.05) is 43.3 Å². The molecule has 0 bridgehead atoms. The molecule has 1 atom stereocenters. The first-order valence-electron chi connectivity index (χ1n) is 3.68. The first-order chi connectivity index (χ1) is 5.63. The van der Waals surface area contributed by atoms with Crippen molar-refractivity contribution in [2.75, 3.05) is 14.1 Å². The molecule has 0 aromatic heterocycles. The van der Waals surface area contributed by atoms with Crippen LogP contribution in [0.2, 0.25) is 5.02 Å². The van der Waals surface area contributed by atoms with Crippen LogP contribution in [0.1, 0.15) is 11.1 Å². The van der Waals surface area contributed by atoms with E-state index in [-0.39, 0.29) is 5.50 Å². The Kier molecular flexibility index (Phi) is 3.39. The van der Waals surface area contributed by atoms with Crippen LogP contribution in [-0.4, -0.2) is 19.0 Å². The van der Waals surface area contributed by atoms with Crippen LogP contribution in [0.3, 0.4) is 0 Å². The molecule has 0 heterocycles. The second kappa shape index (κ2) is 4.13. The van der Waals surface area contributed by atoms with Crippen LogP contribution in [0.5, 0.6) is 0 Å². The molecule has 1 aromatic carbocycles. The van der Waals surface area contributed by atoms with Gasteiger partial charge in [-0.2, -0.15) is 0 Å². The van der Waals surface area contributed by atoms with Crippen molar-refractivity contribution in [3.05, 3.63) is 34.9 Å². The fraction of sp³-hybridized carbons (Fsp3) is 0.333.